The van der Waals surface area contributed by atoms with Crippen LogP contribution in [0.1, 0.15) is 55.5 Å². The summed E-state index contributed by atoms with van der Waals surface area (Å²) in [6, 6.07) is 13.0. The van der Waals surface area contributed by atoms with Crippen molar-refractivity contribution < 1.29 is 14.5 Å². The molecule has 0 spiro atoms. The fourth-order valence-corrected chi connectivity index (χ4v) is 5.59. The lowest BCUT2D eigenvalue weighted by molar-refractivity contribution is -0.387. The predicted octanol–water partition coefficient (Wildman–Crippen LogP) is 4.88. The minimum Gasteiger partial charge on any atom is -0.362 e. The molecule has 194 valence electrons. The molecule has 11 heteroatoms. The number of benzene rings is 2. The molecule has 0 radical (unpaired) electrons. The van der Waals surface area contributed by atoms with Gasteiger partial charge in [-0.1, -0.05) is 49.9 Å². The summed E-state index contributed by atoms with van der Waals surface area (Å²) in [6.45, 7) is 5.59. The van der Waals surface area contributed by atoms with E-state index in [1.807, 2.05) is 24.3 Å². The van der Waals surface area contributed by atoms with Crippen LogP contribution in [-0.2, 0) is 16.3 Å². The van der Waals surface area contributed by atoms with Gasteiger partial charge < -0.3 is 9.64 Å². The lowest BCUT2D eigenvalue weighted by Gasteiger charge is -2.31. The van der Waals surface area contributed by atoms with E-state index in [4.69, 9.17) is 4.74 Å². The summed E-state index contributed by atoms with van der Waals surface area (Å²) in [5.41, 5.74) is 1.76. The Labute approximate surface area is 219 Å². The van der Waals surface area contributed by atoms with Crippen LogP contribution in [0.3, 0.4) is 0 Å². The second kappa shape index (κ2) is 12.1. The molecule has 2 aromatic carbocycles. The first-order valence-corrected chi connectivity index (χ1v) is 13.0. The Morgan fingerprint density at radius 1 is 1.27 bits per heavy atom. The van der Waals surface area contributed by atoms with E-state index in [1.54, 1.807) is 34.9 Å². The van der Waals surface area contributed by atoms with Gasteiger partial charge in [0.1, 0.15) is 6.73 Å². The number of piperidine rings is 1. The van der Waals surface area contributed by atoms with Crippen LogP contribution in [0.25, 0.3) is 6.08 Å². The van der Waals surface area contributed by atoms with E-state index in [1.165, 1.54) is 23.9 Å². The van der Waals surface area contributed by atoms with E-state index in [0.717, 1.165) is 23.3 Å². The number of amides is 1. The number of aromatic nitrogens is 4. The summed E-state index contributed by atoms with van der Waals surface area (Å²) in [4.78, 5) is 27.7. The predicted molar refractivity (Wildman–Crippen MR) is 140 cm³/mol. The number of nitrogens with zero attached hydrogens (tertiary/aromatic N) is 6. The Kier molecular flexibility index (Phi) is 8.67. The zero-order valence-corrected chi connectivity index (χ0v) is 21.9. The van der Waals surface area contributed by atoms with E-state index >= 15 is 0 Å². The Bertz CT molecular complexity index is 1290. The maximum Gasteiger partial charge on any atom is 0.283 e. The van der Waals surface area contributed by atoms with Crippen LogP contribution in [-0.4, -0.2) is 56.1 Å². The number of likely N-dealkylation sites (tertiary alicyclic amines) is 1. The van der Waals surface area contributed by atoms with Crippen molar-refractivity contribution >= 4 is 29.4 Å². The number of nitro groups is 1. The highest BCUT2D eigenvalue weighted by molar-refractivity contribution is 7.99. The minimum absolute atomic E-state index is 0.0150. The van der Waals surface area contributed by atoms with E-state index in [2.05, 4.69) is 29.4 Å². The zero-order valence-electron chi connectivity index (χ0n) is 21.1. The van der Waals surface area contributed by atoms with Crippen molar-refractivity contribution in [2.45, 2.75) is 55.0 Å². The molecule has 1 aliphatic rings. The molecule has 1 aromatic heterocycles. The second-order valence-corrected chi connectivity index (χ2v) is 10.3. The van der Waals surface area contributed by atoms with Gasteiger partial charge in [0.2, 0.25) is 5.91 Å². The van der Waals surface area contributed by atoms with E-state index in [9.17, 15) is 14.9 Å². The Balaban J connectivity index is 1.48. The topological polar surface area (TPSA) is 116 Å². The molecule has 1 amide bonds. The lowest BCUT2D eigenvalue weighted by atomic mass is 9.97. The number of hydrogen-bond acceptors (Lipinski definition) is 8. The highest BCUT2D eigenvalue weighted by Crippen LogP contribution is 2.39. The molecule has 1 aliphatic heterocycles. The number of rotatable bonds is 9. The van der Waals surface area contributed by atoms with Crippen LogP contribution < -0.4 is 0 Å². The van der Waals surface area contributed by atoms with E-state index in [-0.39, 0.29) is 29.2 Å². The largest absolute Gasteiger partial charge is 0.362 e. The molecular formula is C26H30N6O4S. The summed E-state index contributed by atoms with van der Waals surface area (Å²) in [7, 11) is 1.58. The third-order valence-corrected chi connectivity index (χ3v) is 7.43. The molecule has 37 heavy (non-hydrogen) atoms. The van der Waals surface area contributed by atoms with Crippen LogP contribution in [0, 0.1) is 10.1 Å². The molecule has 1 atom stereocenters. The standard InChI is InChI=1S/C26H30N6O4S/c1-18(2)21-8-4-5-9-23(21)37-24-12-10-19(15-22(24)32(34)35)11-13-25(33)30-14-6-7-20(16-30)26-27-28-29-31(26)17-36-3/h4-5,8-13,15,18,20H,6-7,14,16-17H2,1-3H3/b13-11+. The summed E-state index contributed by atoms with van der Waals surface area (Å²) in [5, 5.41) is 23.7. The van der Waals surface area contributed by atoms with Crippen molar-refractivity contribution in [1.29, 1.82) is 0 Å². The van der Waals surface area contributed by atoms with Gasteiger partial charge in [0, 0.05) is 43.2 Å². The second-order valence-electron chi connectivity index (χ2n) is 9.19. The molecule has 1 unspecified atom stereocenters. The highest BCUT2D eigenvalue weighted by Gasteiger charge is 2.28. The fraction of sp³-hybridized carbons (Fsp3) is 0.385. The fourth-order valence-electron chi connectivity index (χ4n) is 4.42. The SMILES string of the molecule is COCn1nnnc1C1CCCN(C(=O)/C=C/c2ccc(Sc3ccccc3C(C)C)c([N+](=O)[O-])c2)C1. The van der Waals surface area contributed by atoms with Gasteiger partial charge in [-0.25, -0.2) is 4.68 Å². The van der Waals surface area contributed by atoms with Crippen LogP contribution in [0.4, 0.5) is 5.69 Å². The summed E-state index contributed by atoms with van der Waals surface area (Å²) in [6.07, 6.45) is 4.81. The number of tetrazole rings is 1. The maximum absolute atomic E-state index is 12.9. The molecule has 1 fully saturated rings. The first-order chi connectivity index (χ1) is 17.9. The molecule has 3 aromatic rings. The Hall–Kier alpha value is -3.57. The average Bonchev–Trinajstić information content (AvgIpc) is 3.36. The molecule has 0 N–H and O–H groups in total. The van der Waals surface area contributed by atoms with Crippen molar-refractivity contribution in [3.05, 3.63) is 75.6 Å². The lowest BCUT2D eigenvalue weighted by Crippen LogP contribution is -2.39. The van der Waals surface area contributed by atoms with Gasteiger partial charge in [-0.15, -0.1) is 5.10 Å². The number of carbonyl (C=O) groups is 1. The van der Waals surface area contributed by atoms with Crippen molar-refractivity contribution in [1.82, 2.24) is 25.1 Å². The molecule has 0 saturated carbocycles. The van der Waals surface area contributed by atoms with Crippen LogP contribution >= 0.6 is 11.8 Å². The van der Waals surface area contributed by atoms with E-state index in [0.29, 0.717) is 35.3 Å². The molecule has 1 saturated heterocycles. The van der Waals surface area contributed by atoms with Crippen LogP contribution in [0.15, 0.2) is 58.3 Å². The van der Waals surface area contributed by atoms with Crippen molar-refractivity contribution in [3.8, 4) is 0 Å². The first kappa shape index (κ1) is 26.5. The quantitative estimate of drug-likeness (QED) is 0.222. The maximum atomic E-state index is 12.9. The highest BCUT2D eigenvalue weighted by atomic mass is 32.2. The zero-order chi connectivity index (χ0) is 26.4. The van der Waals surface area contributed by atoms with Gasteiger partial charge in [-0.2, -0.15) is 0 Å². The Morgan fingerprint density at radius 2 is 2.08 bits per heavy atom. The van der Waals surface area contributed by atoms with Gasteiger partial charge >= 0.3 is 0 Å². The average molecular weight is 523 g/mol. The number of ether oxygens (including phenoxy) is 1. The third-order valence-electron chi connectivity index (χ3n) is 6.27. The monoisotopic (exact) mass is 522 g/mol. The smallest absolute Gasteiger partial charge is 0.283 e. The molecule has 0 bridgehead atoms. The molecule has 4 rings (SSSR count). The van der Waals surface area contributed by atoms with E-state index < -0.39 is 0 Å². The summed E-state index contributed by atoms with van der Waals surface area (Å²) >= 11 is 1.39. The number of methoxy groups -OCH3 is 1. The Morgan fingerprint density at radius 3 is 2.84 bits per heavy atom. The van der Waals surface area contributed by atoms with Gasteiger partial charge in [-0.05, 0) is 58.5 Å². The van der Waals surface area contributed by atoms with Gasteiger partial charge in [-0.3, -0.25) is 14.9 Å². The minimum atomic E-state index is -0.376. The number of hydrogen-bond donors (Lipinski definition) is 0. The van der Waals surface area contributed by atoms with Crippen LogP contribution in [0.5, 0.6) is 0 Å². The van der Waals surface area contributed by atoms with Crippen LogP contribution in [0.2, 0.25) is 0 Å². The summed E-state index contributed by atoms with van der Waals surface area (Å²) < 4.78 is 6.75. The van der Waals surface area contributed by atoms with Gasteiger partial charge in [0.25, 0.3) is 5.69 Å². The molecule has 2 heterocycles. The van der Waals surface area contributed by atoms with Crippen molar-refractivity contribution in [2.75, 3.05) is 20.2 Å². The van der Waals surface area contributed by atoms with Crippen molar-refractivity contribution in [2.24, 2.45) is 0 Å². The number of carbonyl (C=O) groups excluding carboxylic acids is 1. The molecule has 0 aliphatic carbocycles. The first-order valence-electron chi connectivity index (χ1n) is 12.1. The summed E-state index contributed by atoms with van der Waals surface area (Å²) in [5.74, 6) is 0.869. The van der Waals surface area contributed by atoms with Gasteiger partial charge in [0.05, 0.1) is 9.82 Å². The third kappa shape index (κ3) is 6.41. The molecule has 10 nitrogen and oxygen atoms in total. The molecular weight excluding hydrogens is 492 g/mol. The van der Waals surface area contributed by atoms with Crippen molar-refractivity contribution in [3.63, 3.8) is 0 Å². The number of nitro benzene ring substituents is 1. The normalized spacial score (nSPS) is 16.0. The van der Waals surface area contributed by atoms with Gasteiger partial charge in [0.15, 0.2) is 5.82 Å².